The van der Waals surface area contributed by atoms with Crippen molar-refractivity contribution in [3.05, 3.63) is 47.3 Å². The molecule has 0 saturated heterocycles. The van der Waals surface area contributed by atoms with Crippen molar-refractivity contribution in [1.29, 1.82) is 0 Å². The molecule has 0 spiro atoms. The number of H-pyrrole nitrogens is 1. The van der Waals surface area contributed by atoms with Crippen LogP contribution in [-0.4, -0.2) is 15.3 Å². The van der Waals surface area contributed by atoms with E-state index in [1.165, 1.54) is 0 Å². The number of nitrogens with zero attached hydrogens (tertiary/aromatic N) is 1. The highest BCUT2D eigenvalue weighted by Gasteiger charge is 1.92. The topological polar surface area (TPSA) is 48.9 Å². The number of aromatic amines is 1. The molecule has 0 fully saturated rings. The van der Waals surface area contributed by atoms with Gasteiger partial charge in [-0.2, -0.15) is 5.10 Å². The molecule has 2 N–H and O–H groups in total. The number of benzene rings is 1. The van der Waals surface area contributed by atoms with Gasteiger partial charge in [-0.05, 0) is 36.8 Å². The molecule has 17 heavy (non-hydrogen) atoms. The van der Waals surface area contributed by atoms with Crippen LogP contribution >= 0.6 is 0 Å². The first-order chi connectivity index (χ1) is 8.24. The summed E-state index contributed by atoms with van der Waals surface area (Å²) < 4.78 is 0. The van der Waals surface area contributed by atoms with Crippen molar-refractivity contribution in [2.24, 2.45) is 0 Å². The van der Waals surface area contributed by atoms with E-state index in [0.29, 0.717) is 0 Å². The van der Waals surface area contributed by atoms with Gasteiger partial charge in [0.15, 0.2) is 0 Å². The minimum Gasteiger partial charge on any atom is -0.508 e. The predicted octanol–water partition coefficient (Wildman–Crippen LogP) is 3.62. The van der Waals surface area contributed by atoms with E-state index < -0.39 is 0 Å². The van der Waals surface area contributed by atoms with Crippen molar-refractivity contribution in [1.82, 2.24) is 10.2 Å². The van der Waals surface area contributed by atoms with Crippen molar-refractivity contribution in [3.63, 3.8) is 0 Å². The summed E-state index contributed by atoms with van der Waals surface area (Å²) in [4.78, 5) is 0. The van der Waals surface area contributed by atoms with Crippen LogP contribution in [-0.2, 0) is 0 Å². The van der Waals surface area contributed by atoms with Gasteiger partial charge in [-0.15, -0.1) is 0 Å². The van der Waals surface area contributed by atoms with Crippen molar-refractivity contribution < 1.29 is 5.11 Å². The molecule has 2 aromatic rings. The van der Waals surface area contributed by atoms with E-state index in [2.05, 4.69) is 10.2 Å². The van der Waals surface area contributed by atoms with Gasteiger partial charge in [-0.1, -0.05) is 32.1 Å². The van der Waals surface area contributed by atoms with Crippen LogP contribution in [0.4, 0.5) is 0 Å². The maximum Gasteiger partial charge on any atom is 0.115 e. The lowest BCUT2D eigenvalue weighted by molar-refractivity contribution is 0.475. The second-order valence-electron chi connectivity index (χ2n) is 3.40. The molecule has 1 aromatic heterocycles. The summed E-state index contributed by atoms with van der Waals surface area (Å²) in [5, 5.41) is 16.1. The normalized spacial score (nSPS) is 10.1. The maximum atomic E-state index is 9.10. The molecule has 90 valence electrons. The molecule has 1 aromatic carbocycles. The Labute approximate surface area is 102 Å². The lowest BCUT2D eigenvalue weighted by Crippen LogP contribution is -1.73. The fourth-order valence-corrected chi connectivity index (χ4v) is 1.29. The van der Waals surface area contributed by atoms with E-state index in [4.69, 9.17) is 5.11 Å². The zero-order valence-electron chi connectivity index (χ0n) is 10.4. The zero-order valence-corrected chi connectivity index (χ0v) is 10.4. The van der Waals surface area contributed by atoms with Crippen LogP contribution in [0, 0.1) is 6.92 Å². The van der Waals surface area contributed by atoms with Gasteiger partial charge in [0.2, 0.25) is 0 Å². The van der Waals surface area contributed by atoms with Gasteiger partial charge in [0.1, 0.15) is 5.75 Å². The lowest BCUT2D eigenvalue weighted by Gasteiger charge is -1.92. The first-order valence-electron chi connectivity index (χ1n) is 5.73. The molecule has 0 saturated carbocycles. The van der Waals surface area contributed by atoms with Crippen molar-refractivity contribution in [2.45, 2.75) is 20.8 Å². The van der Waals surface area contributed by atoms with E-state index in [1.54, 1.807) is 12.1 Å². The number of phenolic OH excluding ortho intramolecular Hbond substituents is 1. The van der Waals surface area contributed by atoms with Crippen molar-refractivity contribution in [3.8, 4) is 5.75 Å². The minimum atomic E-state index is 0.280. The monoisotopic (exact) mass is 230 g/mol. The second kappa shape index (κ2) is 6.53. The molecule has 0 unspecified atom stereocenters. The van der Waals surface area contributed by atoms with Crippen LogP contribution < -0.4 is 0 Å². The van der Waals surface area contributed by atoms with Crippen LogP contribution in [0.3, 0.4) is 0 Å². The van der Waals surface area contributed by atoms with Crippen LogP contribution in [0.5, 0.6) is 5.75 Å². The van der Waals surface area contributed by atoms with Crippen LogP contribution in [0.25, 0.3) is 12.2 Å². The highest BCUT2D eigenvalue weighted by molar-refractivity contribution is 5.68. The Kier molecular flexibility index (Phi) is 5.01. The van der Waals surface area contributed by atoms with Gasteiger partial charge in [-0.3, -0.25) is 5.10 Å². The smallest absolute Gasteiger partial charge is 0.115 e. The summed E-state index contributed by atoms with van der Waals surface area (Å²) in [6.07, 6.45) is 3.88. The Morgan fingerprint density at radius 1 is 1.12 bits per heavy atom. The molecule has 0 radical (unpaired) electrons. The van der Waals surface area contributed by atoms with E-state index in [-0.39, 0.29) is 5.75 Å². The molecular formula is C14H18N2O. The minimum absolute atomic E-state index is 0.280. The number of hydrogen-bond donors (Lipinski definition) is 2. The Morgan fingerprint density at radius 2 is 1.76 bits per heavy atom. The molecule has 0 atom stereocenters. The standard InChI is InChI=1S/C12H12N2O.C2H6/c1-9-8-11(14-13-9)5-2-10-3-6-12(15)7-4-10;1-2/h2-8,15H,1H3,(H,13,14);1-2H3/b5-2+;. The summed E-state index contributed by atoms with van der Waals surface area (Å²) in [5.41, 5.74) is 2.98. The molecule has 0 bridgehead atoms. The summed E-state index contributed by atoms with van der Waals surface area (Å²) in [5.74, 6) is 0.280. The molecule has 3 nitrogen and oxygen atoms in total. The molecule has 0 amide bonds. The van der Waals surface area contributed by atoms with Gasteiger partial charge in [0, 0.05) is 5.69 Å². The lowest BCUT2D eigenvalue weighted by atomic mass is 10.2. The molecule has 2 rings (SSSR count). The molecular weight excluding hydrogens is 212 g/mol. The molecule has 0 aliphatic heterocycles. The fourth-order valence-electron chi connectivity index (χ4n) is 1.29. The maximum absolute atomic E-state index is 9.10. The third-order valence-electron chi connectivity index (χ3n) is 2.07. The number of nitrogens with one attached hydrogen (secondary N) is 1. The molecule has 0 aliphatic rings. The summed E-state index contributed by atoms with van der Waals surface area (Å²) >= 11 is 0. The molecule has 3 heteroatoms. The van der Waals surface area contributed by atoms with E-state index in [0.717, 1.165) is 17.0 Å². The van der Waals surface area contributed by atoms with Gasteiger partial charge >= 0.3 is 0 Å². The fraction of sp³-hybridized carbons (Fsp3) is 0.214. The number of aromatic nitrogens is 2. The van der Waals surface area contributed by atoms with Gasteiger partial charge in [0.05, 0.1) is 5.69 Å². The SMILES string of the molecule is CC.Cc1cc(/C=C/c2ccc(O)cc2)n[nH]1. The highest BCUT2D eigenvalue weighted by Crippen LogP contribution is 2.12. The largest absolute Gasteiger partial charge is 0.508 e. The first-order valence-corrected chi connectivity index (χ1v) is 5.73. The number of aromatic hydroxyl groups is 1. The first kappa shape index (κ1) is 13.0. The Morgan fingerprint density at radius 3 is 2.29 bits per heavy atom. The van der Waals surface area contributed by atoms with E-state index >= 15 is 0 Å². The molecule has 0 aliphatic carbocycles. The average molecular weight is 230 g/mol. The summed E-state index contributed by atoms with van der Waals surface area (Å²) in [6.45, 7) is 5.96. The second-order valence-corrected chi connectivity index (χ2v) is 3.40. The Bertz CT molecular complexity index is 469. The number of aryl methyl sites for hydroxylation is 1. The van der Waals surface area contributed by atoms with Crippen molar-refractivity contribution >= 4 is 12.2 Å². The van der Waals surface area contributed by atoms with Crippen LogP contribution in [0.1, 0.15) is 30.8 Å². The summed E-state index contributed by atoms with van der Waals surface area (Å²) in [6, 6.07) is 9.00. The van der Waals surface area contributed by atoms with Gasteiger partial charge < -0.3 is 5.11 Å². The number of phenols is 1. The highest BCUT2D eigenvalue weighted by atomic mass is 16.3. The number of hydrogen-bond acceptors (Lipinski definition) is 2. The third kappa shape index (κ3) is 4.15. The van der Waals surface area contributed by atoms with Gasteiger partial charge in [-0.25, -0.2) is 0 Å². The average Bonchev–Trinajstić information content (AvgIpc) is 2.77. The Hall–Kier alpha value is -2.03. The third-order valence-corrected chi connectivity index (χ3v) is 2.07. The van der Waals surface area contributed by atoms with Gasteiger partial charge in [0.25, 0.3) is 0 Å². The van der Waals surface area contributed by atoms with E-state index in [9.17, 15) is 0 Å². The quantitative estimate of drug-likeness (QED) is 0.827. The van der Waals surface area contributed by atoms with Crippen LogP contribution in [0.15, 0.2) is 30.3 Å². The van der Waals surface area contributed by atoms with Crippen LogP contribution in [0.2, 0.25) is 0 Å². The Balaban J connectivity index is 0.000000686. The predicted molar refractivity (Wildman–Crippen MR) is 71.7 cm³/mol. The zero-order chi connectivity index (χ0) is 12.7. The summed E-state index contributed by atoms with van der Waals surface area (Å²) in [7, 11) is 0. The number of rotatable bonds is 2. The van der Waals surface area contributed by atoms with Crippen molar-refractivity contribution in [2.75, 3.05) is 0 Å². The molecule has 1 heterocycles. The van der Waals surface area contributed by atoms with E-state index in [1.807, 2.05) is 51.1 Å².